The molecule has 0 aliphatic heterocycles. The van der Waals surface area contributed by atoms with Crippen molar-refractivity contribution >= 4 is 10.1 Å². The van der Waals surface area contributed by atoms with Gasteiger partial charge >= 0.3 is 0 Å². The lowest BCUT2D eigenvalue weighted by atomic mass is 10.4. The van der Waals surface area contributed by atoms with E-state index in [0.717, 1.165) is 13.0 Å². The number of rotatable bonds is 4. The molecule has 0 saturated heterocycles. The van der Waals surface area contributed by atoms with Gasteiger partial charge in [-0.1, -0.05) is 18.7 Å². The largest absolute Gasteiger partial charge is 0.748 e. The van der Waals surface area contributed by atoms with Crippen LogP contribution >= 0.6 is 0 Å². The summed E-state index contributed by atoms with van der Waals surface area (Å²) in [6, 6.07) is 0. The van der Waals surface area contributed by atoms with Crippen molar-refractivity contribution in [2.24, 2.45) is 0 Å². The Hall–Kier alpha value is -1.40. The Balaban J connectivity index is 0.000000385. The predicted molar refractivity (Wildman–Crippen MR) is 60.7 cm³/mol. The van der Waals surface area contributed by atoms with Gasteiger partial charge in [-0.05, 0) is 0 Å². The zero-order valence-corrected chi connectivity index (χ0v) is 10.0. The minimum atomic E-state index is -3.92. The molecule has 1 rings (SSSR count). The van der Waals surface area contributed by atoms with Crippen molar-refractivity contribution < 1.29 is 17.5 Å². The summed E-state index contributed by atoms with van der Waals surface area (Å²) in [6.07, 6.45) is 9.16. The van der Waals surface area contributed by atoms with Crippen LogP contribution in [0.5, 0.6) is 0 Å². The molecule has 0 amide bonds. The lowest BCUT2D eigenvalue weighted by molar-refractivity contribution is -0.692. The van der Waals surface area contributed by atoms with Crippen LogP contribution in [0.15, 0.2) is 37.7 Å². The van der Waals surface area contributed by atoms with Gasteiger partial charge in [0.15, 0.2) is 0 Å². The first-order chi connectivity index (χ1) is 7.38. The maximum atomic E-state index is 9.08. The second-order valence-corrected chi connectivity index (χ2v) is 4.45. The highest BCUT2D eigenvalue weighted by atomic mass is 32.2. The average molecular weight is 244 g/mol. The van der Waals surface area contributed by atoms with Crippen molar-refractivity contribution in [1.29, 1.82) is 0 Å². The van der Waals surface area contributed by atoms with E-state index in [9.17, 15) is 0 Å². The van der Waals surface area contributed by atoms with Gasteiger partial charge in [-0.25, -0.2) is 18.0 Å². The van der Waals surface area contributed by atoms with Gasteiger partial charge in [0.1, 0.15) is 18.9 Å². The summed E-state index contributed by atoms with van der Waals surface area (Å²) >= 11 is 0. The quantitative estimate of drug-likeness (QED) is 0.472. The molecule has 0 fully saturated rings. The van der Waals surface area contributed by atoms with Gasteiger partial charge in [0.05, 0.1) is 16.5 Å². The Morgan fingerprint density at radius 3 is 2.50 bits per heavy atom. The molecular weight excluding hydrogens is 228 g/mol. The van der Waals surface area contributed by atoms with E-state index in [4.69, 9.17) is 13.0 Å². The Morgan fingerprint density at radius 1 is 1.50 bits per heavy atom. The number of allylic oxidation sites excluding steroid dienone is 2. The van der Waals surface area contributed by atoms with E-state index in [2.05, 4.69) is 22.7 Å². The van der Waals surface area contributed by atoms with Crippen molar-refractivity contribution in [1.82, 2.24) is 4.98 Å². The monoisotopic (exact) mass is 244 g/mol. The fraction of sp³-hybridized carbons (Fsp3) is 0.300. The Labute approximate surface area is 95.9 Å². The van der Waals surface area contributed by atoms with Crippen LogP contribution in [0.2, 0.25) is 0 Å². The minimum absolute atomic E-state index is 0.604. The fourth-order valence-electron chi connectivity index (χ4n) is 1.02. The normalized spacial score (nSPS) is 10.1. The summed E-state index contributed by atoms with van der Waals surface area (Å²) in [5.41, 5.74) is 0. The van der Waals surface area contributed by atoms with Crippen LogP contribution in [0.1, 0.15) is 5.82 Å². The molecule has 1 aromatic heterocycles. The first-order valence-corrected chi connectivity index (χ1v) is 6.38. The highest BCUT2D eigenvalue weighted by Gasteiger charge is 2.04. The minimum Gasteiger partial charge on any atom is -0.748 e. The number of aromatic amines is 1. The number of hydrogen-bond donors (Lipinski definition) is 1. The zero-order valence-electron chi connectivity index (χ0n) is 9.22. The van der Waals surface area contributed by atoms with E-state index in [-0.39, 0.29) is 0 Å². The van der Waals surface area contributed by atoms with Crippen LogP contribution in [0.3, 0.4) is 0 Å². The first-order valence-electron chi connectivity index (χ1n) is 4.56. The van der Waals surface area contributed by atoms with Crippen molar-refractivity contribution in [3.05, 3.63) is 43.5 Å². The molecule has 1 N–H and O–H groups in total. The SMILES string of the molecule is C=CCc1[nH]cc[n+]1CC=C.CS(=O)(=O)[O-]. The van der Waals surface area contributed by atoms with Gasteiger partial charge < -0.3 is 4.55 Å². The number of hydrogen-bond acceptors (Lipinski definition) is 3. The van der Waals surface area contributed by atoms with E-state index < -0.39 is 10.1 Å². The van der Waals surface area contributed by atoms with Crippen LogP contribution in [0, 0.1) is 0 Å². The second-order valence-electron chi connectivity index (χ2n) is 3.04. The third-order valence-corrected chi connectivity index (χ3v) is 1.51. The van der Waals surface area contributed by atoms with Crippen molar-refractivity contribution in [3.8, 4) is 0 Å². The number of imidazole rings is 1. The van der Waals surface area contributed by atoms with Gasteiger partial charge in [-0.15, -0.1) is 6.58 Å². The molecule has 5 nitrogen and oxygen atoms in total. The first kappa shape index (κ1) is 14.6. The predicted octanol–water partition coefficient (Wildman–Crippen LogP) is 0.378. The van der Waals surface area contributed by atoms with Crippen LogP contribution in [0.4, 0.5) is 0 Å². The van der Waals surface area contributed by atoms with Crippen molar-refractivity contribution in [2.75, 3.05) is 6.26 Å². The van der Waals surface area contributed by atoms with Crippen LogP contribution < -0.4 is 4.57 Å². The molecule has 0 bridgehead atoms. The number of aromatic nitrogens is 2. The van der Waals surface area contributed by atoms with Crippen molar-refractivity contribution in [2.45, 2.75) is 13.0 Å². The fourth-order valence-corrected chi connectivity index (χ4v) is 1.02. The standard InChI is InChI=1S/C9H12N2.CH4O3S/c1-3-5-9-10-6-8-11(9)7-4-2;1-5(2,3)4/h3-4,6,8H,1-2,5,7H2;1H3,(H,2,3,4). The van der Waals surface area contributed by atoms with E-state index in [1.165, 1.54) is 5.82 Å². The van der Waals surface area contributed by atoms with Gasteiger partial charge in [0.2, 0.25) is 0 Å². The summed E-state index contributed by atoms with van der Waals surface area (Å²) in [5, 5.41) is 0. The van der Waals surface area contributed by atoms with Gasteiger partial charge in [-0.3, -0.25) is 0 Å². The van der Waals surface area contributed by atoms with Crippen LogP contribution in [-0.4, -0.2) is 24.2 Å². The lowest BCUT2D eigenvalue weighted by Crippen LogP contribution is -2.34. The zero-order chi connectivity index (χ0) is 12.6. The summed E-state index contributed by atoms with van der Waals surface area (Å²) in [5.74, 6) is 1.17. The van der Waals surface area contributed by atoms with Gasteiger partial charge in [-0.2, -0.15) is 0 Å². The molecule has 0 aromatic carbocycles. The Bertz CT molecular complexity index is 402. The van der Waals surface area contributed by atoms with Crippen LogP contribution in [0.25, 0.3) is 0 Å². The molecule has 16 heavy (non-hydrogen) atoms. The molecular formula is C10H16N2O3S. The molecule has 0 unspecified atom stereocenters. The second kappa shape index (κ2) is 6.97. The molecule has 0 saturated carbocycles. The molecule has 0 atom stereocenters. The molecule has 1 aromatic rings. The average Bonchev–Trinajstić information content (AvgIpc) is 2.51. The number of nitrogens with zero attached hydrogens (tertiary/aromatic N) is 1. The highest BCUT2D eigenvalue weighted by molar-refractivity contribution is 7.84. The lowest BCUT2D eigenvalue weighted by Gasteiger charge is -1.92. The maximum Gasteiger partial charge on any atom is 0.258 e. The topological polar surface area (TPSA) is 76.9 Å². The van der Waals surface area contributed by atoms with E-state index in [0.29, 0.717) is 6.26 Å². The summed E-state index contributed by atoms with van der Waals surface area (Å²) in [6.45, 7) is 8.21. The van der Waals surface area contributed by atoms with E-state index >= 15 is 0 Å². The molecule has 6 heteroatoms. The highest BCUT2D eigenvalue weighted by Crippen LogP contribution is 1.88. The molecule has 0 spiro atoms. The maximum absolute atomic E-state index is 9.08. The Morgan fingerprint density at radius 2 is 2.06 bits per heavy atom. The summed E-state index contributed by atoms with van der Waals surface area (Å²) < 4.78 is 29.3. The molecule has 1 heterocycles. The summed E-state index contributed by atoms with van der Waals surface area (Å²) in [7, 11) is -3.92. The number of H-pyrrole nitrogens is 1. The third kappa shape index (κ3) is 7.95. The van der Waals surface area contributed by atoms with E-state index in [1.54, 1.807) is 0 Å². The van der Waals surface area contributed by atoms with E-state index in [1.807, 2.05) is 24.5 Å². The number of nitrogens with one attached hydrogen (secondary N) is 1. The third-order valence-electron chi connectivity index (χ3n) is 1.51. The smallest absolute Gasteiger partial charge is 0.258 e. The molecule has 0 aliphatic rings. The molecule has 90 valence electrons. The van der Waals surface area contributed by atoms with Gasteiger partial charge in [0.25, 0.3) is 5.82 Å². The molecule has 0 aliphatic carbocycles. The van der Waals surface area contributed by atoms with Crippen LogP contribution in [-0.2, 0) is 23.1 Å². The summed E-state index contributed by atoms with van der Waals surface area (Å²) in [4.78, 5) is 3.14. The van der Waals surface area contributed by atoms with Gasteiger partial charge in [0, 0.05) is 6.26 Å². The Kier molecular flexibility index (Phi) is 6.36. The van der Waals surface area contributed by atoms with Crippen molar-refractivity contribution in [3.63, 3.8) is 0 Å². The molecule has 0 radical (unpaired) electrons.